The first-order valence-electron chi connectivity index (χ1n) is 6.43. The zero-order valence-corrected chi connectivity index (χ0v) is 13.2. The number of aromatic nitrogens is 1. The highest BCUT2D eigenvalue weighted by atomic mass is 32.1. The van der Waals surface area contributed by atoms with E-state index in [9.17, 15) is 8.78 Å². The van der Waals surface area contributed by atoms with Crippen LogP contribution in [0.15, 0.2) is 18.3 Å². The van der Waals surface area contributed by atoms with Crippen molar-refractivity contribution in [1.29, 1.82) is 0 Å². The molecule has 0 saturated carbocycles. The highest BCUT2D eigenvalue weighted by molar-refractivity contribution is 7.80. The van der Waals surface area contributed by atoms with Crippen molar-refractivity contribution < 1.29 is 8.78 Å². The van der Waals surface area contributed by atoms with Crippen LogP contribution < -0.4 is 11.1 Å². The summed E-state index contributed by atoms with van der Waals surface area (Å²) in [6, 6.07) is 2.58. The molecule has 0 aliphatic carbocycles. The number of nitrogens with zero attached hydrogens (tertiary/aromatic N) is 1. The Bertz CT molecular complexity index is 670. The number of nitrogens with one attached hydrogen (secondary N) is 1. The van der Waals surface area contributed by atoms with Gasteiger partial charge in [-0.15, -0.1) is 11.3 Å². The Morgan fingerprint density at radius 3 is 2.71 bits per heavy atom. The Morgan fingerprint density at radius 1 is 1.43 bits per heavy atom. The molecular formula is C14H15F2N3S2. The fourth-order valence-corrected chi connectivity index (χ4v) is 2.85. The maximum Gasteiger partial charge on any atom is 0.182 e. The lowest BCUT2D eigenvalue weighted by atomic mass is 10.1. The number of thiazole rings is 1. The van der Waals surface area contributed by atoms with Gasteiger partial charge in [-0.05, 0) is 25.5 Å². The van der Waals surface area contributed by atoms with Gasteiger partial charge in [0.05, 0.1) is 11.7 Å². The van der Waals surface area contributed by atoms with Crippen LogP contribution in [0.2, 0.25) is 0 Å². The second-order valence-corrected chi connectivity index (χ2v) is 6.12. The van der Waals surface area contributed by atoms with Crippen LogP contribution in [0.4, 0.5) is 14.5 Å². The van der Waals surface area contributed by atoms with Gasteiger partial charge in [-0.3, -0.25) is 0 Å². The molecule has 1 aromatic carbocycles. The Labute approximate surface area is 131 Å². The van der Waals surface area contributed by atoms with Gasteiger partial charge in [-0.2, -0.15) is 0 Å². The van der Waals surface area contributed by atoms with E-state index in [-0.39, 0.29) is 22.3 Å². The summed E-state index contributed by atoms with van der Waals surface area (Å²) in [7, 11) is 0. The largest absolute Gasteiger partial charge is 0.389 e. The molecule has 2 rings (SSSR count). The third-order valence-electron chi connectivity index (χ3n) is 3.01. The number of anilines is 1. The SMILES string of the molecule is CCc1cnc(C(C)Nc2ccc(C(N)=S)c(F)c2F)s1. The second kappa shape index (κ2) is 6.44. The normalized spacial score (nSPS) is 12.2. The van der Waals surface area contributed by atoms with Crippen molar-refractivity contribution in [3.8, 4) is 0 Å². The van der Waals surface area contributed by atoms with Crippen LogP contribution in [-0.4, -0.2) is 9.97 Å². The minimum Gasteiger partial charge on any atom is -0.389 e. The number of aryl methyl sites for hydroxylation is 1. The zero-order chi connectivity index (χ0) is 15.6. The van der Waals surface area contributed by atoms with Gasteiger partial charge in [0.25, 0.3) is 0 Å². The summed E-state index contributed by atoms with van der Waals surface area (Å²) in [4.78, 5) is 5.26. The van der Waals surface area contributed by atoms with E-state index in [2.05, 4.69) is 22.5 Å². The van der Waals surface area contributed by atoms with E-state index in [1.165, 1.54) is 12.1 Å². The van der Waals surface area contributed by atoms with Crippen LogP contribution in [-0.2, 0) is 6.42 Å². The summed E-state index contributed by atoms with van der Waals surface area (Å²) in [6.45, 7) is 3.88. The average Bonchev–Trinajstić information content (AvgIpc) is 2.92. The standard InChI is InChI=1S/C14H15F2N3S2/c1-3-8-6-18-14(21-8)7(2)19-10-5-4-9(13(17)20)11(15)12(10)16/h4-7,19H,3H2,1-2H3,(H2,17,20). The monoisotopic (exact) mass is 327 g/mol. The van der Waals surface area contributed by atoms with Crippen LogP contribution in [0.1, 0.15) is 35.3 Å². The van der Waals surface area contributed by atoms with Crippen molar-refractivity contribution in [1.82, 2.24) is 4.98 Å². The van der Waals surface area contributed by atoms with Crippen molar-refractivity contribution in [2.75, 3.05) is 5.32 Å². The predicted octanol–water partition coefficient (Wildman–Crippen LogP) is 3.79. The summed E-state index contributed by atoms with van der Waals surface area (Å²) in [6.07, 6.45) is 2.70. The van der Waals surface area contributed by atoms with E-state index >= 15 is 0 Å². The number of hydrogen-bond donors (Lipinski definition) is 2. The van der Waals surface area contributed by atoms with E-state index in [0.717, 1.165) is 16.3 Å². The summed E-state index contributed by atoms with van der Waals surface area (Å²) < 4.78 is 27.8. The maximum absolute atomic E-state index is 14.0. The second-order valence-electron chi connectivity index (χ2n) is 4.54. The van der Waals surface area contributed by atoms with Crippen LogP contribution in [0.25, 0.3) is 0 Å². The molecule has 0 aliphatic heterocycles. The zero-order valence-electron chi connectivity index (χ0n) is 11.6. The fraction of sp³-hybridized carbons (Fsp3) is 0.286. The Kier molecular flexibility index (Phi) is 4.84. The smallest absolute Gasteiger partial charge is 0.182 e. The highest BCUT2D eigenvalue weighted by Gasteiger charge is 2.17. The number of halogens is 2. The van der Waals surface area contributed by atoms with Crippen molar-refractivity contribution in [2.45, 2.75) is 26.3 Å². The molecule has 0 radical (unpaired) electrons. The number of hydrogen-bond acceptors (Lipinski definition) is 4. The van der Waals surface area contributed by atoms with Crippen LogP contribution in [0, 0.1) is 11.6 Å². The van der Waals surface area contributed by atoms with Crippen molar-refractivity contribution in [2.24, 2.45) is 5.73 Å². The molecule has 1 unspecified atom stereocenters. The molecule has 112 valence electrons. The molecule has 0 spiro atoms. The molecule has 0 aliphatic rings. The van der Waals surface area contributed by atoms with E-state index in [4.69, 9.17) is 5.73 Å². The quantitative estimate of drug-likeness (QED) is 0.820. The lowest BCUT2D eigenvalue weighted by Gasteiger charge is -2.14. The molecule has 3 nitrogen and oxygen atoms in total. The van der Waals surface area contributed by atoms with Crippen molar-refractivity contribution >= 4 is 34.2 Å². The molecule has 0 amide bonds. The molecule has 21 heavy (non-hydrogen) atoms. The number of thiocarbonyl (C=S) groups is 1. The van der Waals surface area contributed by atoms with Gasteiger partial charge in [0.15, 0.2) is 11.6 Å². The van der Waals surface area contributed by atoms with E-state index in [0.29, 0.717) is 0 Å². The Hall–Kier alpha value is -1.60. The van der Waals surface area contributed by atoms with Gasteiger partial charge in [-0.1, -0.05) is 19.1 Å². The summed E-state index contributed by atoms with van der Waals surface area (Å²) in [5, 5.41) is 3.74. The summed E-state index contributed by atoms with van der Waals surface area (Å²) in [5.41, 5.74) is 5.31. The van der Waals surface area contributed by atoms with Gasteiger partial charge in [-0.25, -0.2) is 13.8 Å². The molecule has 1 atom stereocenters. The van der Waals surface area contributed by atoms with Gasteiger partial charge >= 0.3 is 0 Å². The molecule has 2 aromatic rings. The fourth-order valence-electron chi connectivity index (χ4n) is 1.83. The Balaban J connectivity index is 2.23. The maximum atomic E-state index is 14.0. The first-order valence-corrected chi connectivity index (χ1v) is 7.65. The molecule has 7 heteroatoms. The van der Waals surface area contributed by atoms with Gasteiger partial charge in [0.2, 0.25) is 0 Å². The lowest BCUT2D eigenvalue weighted by molar-refractivity contribution is 0.508. The van der Waals surface area contributed by atoms with Gasteiger partial charge < -0.3 is 11.1 Å². The number of benzene rings is 1. The molecule has 3 N–H and O–H groups in total. The van der Waals surface area contributed by atoms with Gasteiger partial charge in [0.1, 0.15) is 10.00 Å². The highest BCUT2D eigenvalue weighted by Crippen LogP contribution is 2.27. The summed E-state index contributed by atoms with van der Waals surface area (Å²) in [5.74, 6) is -2.02. The van der Waals surface area contributed by atoms with Crippen LogP contribution >= 0.6 is 23.6 Å². The first-order chi connectivity index (χ1) is 9.93. The van der Waals surface area contributed by atoms with E-state index < -0.39 is 11.6 Å². The molecule has 1 aromatic heterocycles. The van der Waals surface area contributed by atoms with Gasteiger partial charge in [0, 0.05) is 16.6 Å². The molecule has 0 saturated heterocycles. The molecular weight excluding hydrogens is 312 g/mol. The van der Waals surface area contributed by atoms with E-state index in [1.807, 2.05) is 13.8 Å². The van der Waals surface area contributed by atoms with Crippen molar-refractivity contribution in [3.63, 3.8) is 0 Å². The topological polar surface area (TPSA) is 50.9 Å². The van der Waals surface area contributed by atoms with Crippen LogP contribution in [0.3, 0.4) is 0 Å². The number of rotatable bonds is 5. The summed E-state index contributed by atoms with van der Waals surface area (Å²) >= 11 is 6.22. The number of nitrogens with two attached hydrogens (primary N) is 1. The molecule has 0 bridgehead atoms. The lowest BCUT2D eigenvalue weighted by Crippen LogP contribution is -2.14. The Morgan fingerprint density at radius 2 is 2.14 bits per heavy atom. The van der Waals surface area contributed by atoms with Crippen molar-refractivity contribution in [3.05, 3.63) is 45.4 Å². The predicted molar refractivity (Wildman–Crippen MR) is 85.8 cm³/mol. The minimum atomic E-state index is -1.03. The molecule has 0 fully saturated rings. The van der Waals surface area contributed by atoms with E-state index in [1.54, 1.807) is 17.5 Å². The minimum absolute atomic E-state index is 0.0632. The van der Waals surface area contributed by atoms with Crippen LogP contribution in [0.5, 0.6) is 0 Å². The third-order valence-corrected chi connectivity index (χ3v) is 4.55. The molecule has 1 heterocycles. The first kappa shape index (κ1) is 15.8. The average molecular weight is 327 g/mol. The third kappa shape index (κ3) is 3.36.